The normalized spacial score (nSPS) is 10.0. The van der Waals surface area contributed by atoms with Crippen molar-refractivity contribution in [1.82, 2.24) is 16.0 Å². The van der Waals surface area contributed by atoms with Crippen LogP contribution in [0.15, 0.2) is 24.6 Å². The Kier molecular flexibility index (Phi) is 6.93. The second kappa shape index (κ2) is 7.44. The van der Waals surface area contributed by atoms with Crippen LogP contribution in [0.4, 0.5) is 0 Å². The first-order valence-electron chi connectivity index (χ1n) is 5.13. The summed E-state index contributed by atoms with van der Waals surface area (Å²) in [4.78, 5) is 0. The van der Waals surface area contributed by atoms with E-state index in [1.807, 2.05) is 0 Å². The minimum atomic E-state index is 0.491. The minimum Gasteiger partial charge on any atom is -0.388 e. The highest BCUT2D eigenvalue weighted by atomic mass is 15.0. The molecule has 0 aromatic carbocycles. The van der Waals surface area contributed by atoms with E-state index in [0.29, 0.717) is 6.04 Å². The zero-order chi connectivity index (χ0) is 11.0. The Bertz CT molecular complexity index is 185. The Balaban J connectivity index is 3.48. The molecule has 0 fully saturated rings. The van der Waals surface area contributed by atoms with Crippen molar-refractivity contribution in [2.45, 2.75) is 26.8 Å². The van der Waals surface area contributed by atoms with Gasteiger partial charge in [0.25, 0.3) is 0 Å². The molecule has 0 aromatic heterocycles. The first-order valence-corrected chi connectivity index (χ1v) is 5.13. The zero-order valence-corrected chi connectivity index (χ0v) is 9.61. The van der Waals surface area contributed by atoms with Crippen LogP contribution in [0.25, 0.3) is 0 Å². The van der Waals surface area contributed by atoms with Crippen LogP contribution < -0.4 is 16.0 Å². The predicted molar refractivity (Wildman–Crippen MR) is 63.1 cm³/mol. The maximum atomic E-state index is 3.92. The van der Waals surface area contributed by atoms with Crippen molar-refractivity contribution in [3.63, 3.8) is 0 Å². The lowest BCUT2D eigenvalue weighted by Crippen LogP contribution is -2.31. The molecule has 0 spiro atoms. The Labute approximate surface area is 87.7 Å². The maximum Gasteiger partial charge on any atom is 0.0539 e. The molecule has 82 valence electrons. The minimum absolute atomic E-state index is 0.491. The van der Waals surface area contributed by atoms with Crippen LogP contribution in [-0.2, 0) is 0 Å². The summed E-state index contributed by atoms with van der Waals surface area (Å²) < 4.78 is 0. The van der Waals surface area contributed by atoms with Crippen molar-refractivity contribution >= 4 is 0 Å². The number of hydrogen-bond acceptors (Lipinski definition) is 3. The molecule has 0 heterocycles. The average Bonchev–Trinajstić information content (AvgIpc) is 2.12. The molecule has 0 atom stereocenters. The standard InChI is InChI=1S/C11H23N3/c1-6-12-10(4)8-14-11(5)7-13-9(2)3/h9,12-14H,4-8H2,1-3H3. The largest absolute Gasteiger partial charge is 0.388 e. The molecule has 3 heteroatoms. The van der Waals surface area contributed by atoms with E-state index in [1.165, 1.54) is 0 Å². The quantitative estimate of drug-likeness (QED) is 0.547. The van der Waals surface area contributed by atoms with Gasteiger partial charge in [-0.15, -0.1) is 0 Å². The van der Waals surface area contributed by atoms with Gasteiger partial charge in [0.1, 0.15) is 0 Å². The van der Waals surface area contributed by atoms with Gasteiger partial charge in [0, 0.05) is 30.5 Å². The molecule has 0 rings (SSSR count). The van der Waals surface area contributed by atoms with Gasteiger partial charge in [-0.2, -0.15) is 0 Å². The topological polar surface area (TPSA) is 36.1 Å². The van der Waals surface area contributed by atoms with E-state index in [9.17, 15) is 0 Å². The second-order valence-corrected chi connectivity index (χ2v) is 3.63. The second-order valence-electron chi connectivity index (χ2n) is 3.63. The van der Waals surface area contributed by atoms with E-state index in [4.69, 9.17) is 0 Å². The number of nitrogens with one attached hydrogen (secondary N) is 3. The molecular formula is C11H23N3. The third-order valence-corrected chi connectivity index (χ3v) is 1.70. The zero-order valence-electron chi connectivity index (χ0n) is 9.61. The summed E-state index contributed by atoms with van der Waals surface area (Å²) in [5.74, 6) is 0. The van der Waals surface area contributed by atoms with E-state index >= 15 is 0 Å². The van der Waals surface area contributed by atoms with Gasteiger partial charge >= 0.3 is 0 Å². The summed E-state index contributed by atoms with van der Waals surface area (Å²) in [7, 11) is 0. The van der Waals surface area contributed by atoms with E-state index in [1.54, 1.807) is 0 Å². The first-order chi connectivity index (χ1) is 6.56. The Morgan fingerprint density at radius 2 is 1.64 bits per heavy atom. The van der Waals surface area contributed by atoms with Crippen LogP contribution in [0.3, 0.4) is 0 Å². The molecule has 3 nitrogen and oxygen atoms in total. The fourth-order valence-corrected chi connectivity index (χ4v) is 0.934. The highest BCUT2D eigenvalue weighted by Gasteiger charge is 1.96. The van der Waals surface area contributed by atoms with Crippen LogP contribution in [0.5, 0.6) is 0 Å². The van der Waals surface area contributed by atoms with Crippen LogP contribution in [0, 0.1) is 0 Å². The third-order valence-electron chi connectivity index (χ3n) is 1.70. The van der Waals surface area contributed by atoms with Crippen LogP contribution in [-0.4, -0.2) is 25.7 Å². The molecule has 0 bridgehead atoms. The fraction of sp³-hybridized carbons (Fsp3) is 0.636. The summed E-state index contributed by atoms with van der Waals surface area (Å²) >= 11 is 0. The molecule has 0 aliphatic rings. The highest BCUT2D eigenvalue weighted by Crippen LogP contribution is 1.86. The van der Waals surface area contributed by atoms with Crippen LogP contribution in [0.2, 0.25) is 0 Å². The lowest BCUT2D eigenvalue weighted by molar-refractivity contribution is 0.602. The van der Waals surface area contributed by atoms with Gasteiger partial charge in [0.15, 0.2) is 0 Å². The van der Waals surface area contributed by atoms with Gasteiger partial charge in [0.2, 0.25) is 0 Å². The smallest absolute Gasteiger partial charge is 0.0539 e. The number of likely N-dealkylation sites (N-methyl/N-ethyl adjacent to an activating group) is 1. The van der Waals surface area contributed by atoms with Crippen molar-refractivity contribution in [2.75, 3.05) is 19.6 Å². The van der Waals surface area contributed by atoms with Crippen LogP contribution >= 0.6 is 0 Å². The summed E-state index contributed by atoms with van der Waals surface area (Å²) in [5, 5.41) is 9.64. The predicted octanol–water partition coefficient (Wildman–Crippen LogP) is 1.21. The van der Waals surface area contributed by atoms with Crippen molar-refractivity contribution in [3.05, 3.63) is 24.6 Å². The van der Waals surface area contributed by atoms with E-state index < -0.39 is 0 Å². The third kappa shape index (κ3) is 7.68. The lowest BCUT2D eigenvalue weighted by Gasteiger charge is -2.14. The van der Waals surface area contributed by atoms with E-state index in [0.717, 1.165) is 31.0 Å². The summed E-state index contributed by atoms with van der Waals surface area (Å²) in [6.45, 7) is 16.5. The monoisotopic (exact) mass is 197 g/mol. The summed E-state index contributed by atoms with van der Waals surface area (Å²) in [5.41, 5.74) is 2.00. The molecule has 0 saturated heterocycles. The molecular weight excluding hydrogens is 174 g/mol. The maximum absolute atomic E-state index is 3.92. The van der Waals surface area contributed by atoms with Crippen molar-refractivity contribution < 1.29 is 0 Å². The molecule has 0 unspecified atom stereocenters. The Morgan fingerprint density at radius 3 is 2.14 bits per heavy atom. The molecule has 14 heavy (non-hydrogen) atoms. The van der Waals surface area contributed by atoms with E-state index in [2.05, 4.69) is 49.9 Å². The number of hydrogen-bond donors (Lipinski definition) is 3. The molecule has 0 saturated carbocycles. The average molecular weight is 197 g/mol. The molecule has 0 radical (unpaired) electrons. The number of rotatable bonds is 8. The van der Waals surface area contributed by atoms with Gasteiger partial charge in [-0.3, -0.25) is 0 Å². The van der Waals surface area contributed by atoms with Crippen molar-refractivity contribution in [2.24, 2.45) is 0 Å². The molecule has 0 aromatic rings. The van der Waals surface area contributed by atoms with E-state index in [-0.39, 0.29) is 0 Å². The van der Waals surface area contributed by atoms with Crippen LogP contribution in [0.1, 0.15) is 20.8 Å². The summed E-state index contributed by atoms with van der Waals surface area (Å²) in [6, 6.07) is 0.491. The Hall–Kier alpha value is -0.960. The summed E-state index contributed by atoms with van der Waals surface area (Å²) in [6.07, 6.45) is 0. The lowest BCUT2D eigenvalue weighted by atomic mass is 10.3. The molecule has 0 aliphatic heterocycles. The Morgan fingerprint density at radius 1 is 1.07 bits per heavy atom. The molecule has 0 aliphatic carbocycles. The highest BCUT2D eigenvalue weighted by molar-refractivity contribution is 5.01. The van der Waals surface area contributed by atoms with Gasteiger partial charge in [0.05, 0.1) is 6.54 Å². The van der Waals surface area contributed by atoms with Crippen molar-refractivity contribution in [3.8, 4) is 0 Å². The molecule has 0 amide bonds. The van der Waals surface area contributed by atoms with Gasteiger partial charge in [-0.25, -0.2) is 0 Å². The van der Waals surface area contributed by atoms with Gasteiger partial charge in [-0.1, -0.05) is 27.0 Å². The van der Waals surface area contributed by atoms with Gasteiger partial charge < -0.3 is 16.0 Å². The first kappa shape index (κ1) is 13.0. The van der Waals surface area contributed by atoms with Gasteiger partial charge in [-0.05, 0) is 6.92 Å². The SMILES string of the molecule is C=C(CNC(=C)CNC(C)C)NCC. The molecule has 3 N–H and O–H groups in total. The fourth-order valence-electron chi connectivity index (χ4n) is 0.934. The van der Waals surface area contributed by atoms with Crippen molar-refractivity contribution in [1.29, 1.82) is 0 Å².